The molecule has 2 saturated heterocycles. The van der Waals surface area contributed by atoms with Gasteiger partial charge in [-0.15, -0.1) is 0 Å². The third-order valence-corrected chi connectivity index (χ3v) is 5.26. The van der Waals surface area contributed by atoms with Crippen molar-refractivity contribution >= 4 is 5.97 Å². The average molecular weight is 327 g/mol. The Kier molecular flexibility index (Phi) is 4.93. The number of piperidine rings is 1. The zero-order valence-electron chi connectivity index (χ0n) is 14.4. The van der Waals surface area contributed by atoms with Crippen LogP contribution in [0.25, 0.3) is 0 Å². The van der Waals surface area contributed by atoms with Crippen LogP contribution in [0.4, 0.5) is 0 Å². The monoisotopic (exact) mass is 327 g/mol. The van der Waals surface area contributed by atoms with Crippen LogP contribution in [-0.2, 0) is 15.1 Å². The number of carbonyl (C=O) groups excluding carboxylic acids is 1. The minimum atomic E-state index is -1.89. The number of ether oxygens (including phenoxy) is 1. The Morgan fingerprint density at radius 1 is 1.29 bits per heavy atom. The first kappa shape index (κ1) is 17.0. The quantitative estimate of drug-likeness (QED) is 0.684. The van der Waals surface area contributed by atoms with Crippen LogP contribution in [0.1, 0.15) is 44.6 Å². The summed E-state index contributed by atoms with van der Waals surface area (Å²) in [7, 11) is 2.15. The number of carbonyl (C=O) groups is 1. The van der Waals surface area contributed by atoms with Crippen molar-refractivity contribution in [1.82, 2.24) is 4.90 Å². The van der Waals surface area contributed by atoms with Crippen molar-refractivity contribution in [3.63, 3.8) is 0 Å². The van der Waals surface area contributed by atoms with Gasteiger partial charge in [-0.3, -0.25) is 0 Å². The van der Waals surface area contributed by atoms with Gasteiger partial charge in [0, 0.05) is 24.1 Å². The third kappa shape index (κ3) is 3.19. The van der Waals surface area contributed by atoms with E-state index < -0.39 is 11.6 Å². The standard InChI is InChI=1S/C20H25NO3/c1-3-4-12-20(23,15-8-6-5-7-9-15)19(22)24-18-13-16-10-11-17(14-18)21(16)2/h5-9,16-18,23H,3,10-11,13-14H2,1-2H3/t16-,17+,18?,20?. The molecule has 2 aliphatic heterocycles. The summed E-state index contributed by atoms with van der Waals surface area (Å²) in [5.41, 5.74) is -1.42. The van der Waals surface area contributed by atoms with Crippen molar-refractivity contribution in [2.45, 2.75) is 62.8 Å². The van der Waals surface area contributed by atoms with E-state index in [-0.39, 0.29) is 6.10 Å². The van der Waals surface area contributed by atoms with Gasteiger partial charge in [-0.2, -0.15) is 0 Å². The topological polar surface area (TPSA) is 49.8 Å². The first-order chi connectivity index (χ1) is 11.5. The van der Waals surface area contributed by atoms with Gasteiger partial charge in [-0.25, -0.2) is 4.79 Å². The summed E-state index contributed by atoms with van der Waals surface area (Å²) in [5.74, 6) is 4.90. The zero-order valence-corrected chi connectivity index (χ0v) is 14.4. The van der Waals surface area contributed by atoms with Gasteiger partial charge in [0.25, 0.3) is 0 Å². The molecule has 1 aromatic rings. The Morgan fingerprint density at radius 3 is 2.50 bits per heavy atom. The van der Waals surface area contributed by atoms with Crippen LogP contribution in [0.2, 0.25) is 0 Å². The van der Waals surface area contributed by atoms with Crippen LogP contribution >= 0.6 is 0 Å². The highest BCUT2D eigenvalue weighted by molar-refractivity contribution is 5.85. The van der Waals surface area contributed by atoms with E-state index in [1.807, 2.05) is 13.0 Å². The maximum atomic E-state index is 12.8. The average Bonchev–Trinajstić information content (AvgIpc) is 2.82. The summed E-state index contributed by atoms with van der Waals surface area (Å²) < 4.78 is 5.72. The lowest BCUT2D eigenvalue weighted by molar-refractivity contribution is -0.169. The Labute approximate surface area is 143 Å². The lowest BCUT2D eigenvalue weighted by Gasteiger charge is -2.36. The van der Waals surface area contributed by atoms with Crippen molar-refractivity contribution < 1.29 is 14.6 Å². The molecule has 4 atom stereocenters. The Bertz CT molecular complexity index is 634. The number of rotatable bonds is 3. The molecule has 2 bridgehead atoms. The molecule has 0 amide bonds. The smallest absolute Gasteiger partial charge is 0.356 e. The molecule has 128 valence electrons. The maximum absolute atomic E-state index is 12.8. The van der Waals surface area contributed by atoms with Gasteiger partial charge in [0.1, 0.15) is 6.10 Å². The van der Waals surface area contributed by atoms with Crippen LogP contribution in [0, 0.1) is 11.8 Å². The maximum Gasteiger partial charge on any atom is 0.356 e. The number of nitrogens with zero attached hydrogens (tertiary/aromatic N) is 1. The second-order valence-electron chi connectivity index (χ2n) is 6.78. The summed E-state index contributed by atoms with van der Waals surface area (Å²) in [6.45, 7) is 1.89. The Hall–Kier alpha value is -1.83. The number of fused-ring (bicyclic) bond motifs is 2. The van der Waals surface area contributed by atoms with Gasteiger partial charge in [0.05, 0.1) is 0 Å². The van der Waals surface area contributed by atoms with Crippen molar-refractivity contribution in [1.29, 1.82) is 0 Å². The van der Waals surface area contributed by atoms with Gasteiger partial charge >= 0.3 is 5.97 Å². The number of hydrogen-bond acceptors (Lipinski definition) is 4. The molecule has 4 heteroatoms. The van der Waals surface area contributed by atoms with E-state index in [0.717, 1.165) is 25.7 Å². The van der Waals surface area contributed by atoms with E-state index in [0.29, 0.717) is 24.1 Å². The molecule has 1 N–H and O–H groups in total. The van der Waals surface area contributed by atoms with E-state index in [1.165, 1.54) is 0 Å². The zero-order chi connectivity index (χ0) is 17.2. The van der Waals surface area contributed by atoms with Crippen LogP contribution in [0.5, 0.6) is 0 Å². The van der Waals surface area contributed by atoms with E-state index in [4.69, 9.17) is 4.74 Å². The number of hydrogen-bond donors (Lipinski definition) is 1. The Balaban J connectivity index is 1.77. The minimum absolute atomic E-state index is 0.134. The van der Waals surface area contributed by atoms with Crippen molar-refractivity contribution in [2.75, 3.05) is 7.05 Å². The first-order valence-corrected chi connectivity index (χ1v) is 8.75. The molecule has 2 aliphatic rings. The number of esters is 1. The number of benzene rings is 1. The first-order valence-electron chi connectivity index (χ1n) is 8.75. The van der Waals surface area contributed by atoms with Crippen molar-refractivity contribution in [3.05, 3.63) is 35.9 Å². The predicted octanol–water partition coefficient (Wildman–Crippen LogP) is 2.46. The SMILES string of the molecule is CCC#CC(O)(C(=O)OC1C[C@H]2CC[C@@H](C1)N2C)c1ccccc1. The molecule has 0 saturated carbocycles. The molecule has 0 spiro atoms. The van der Waals surface area contributed by atoms with E-state index >= 15 is 0 Å². The highest BCUT2D eigenvalue weighted by Crippen LogP contribution is 2.36. The lowest BCUT2D eigenvalue weighted by Crippen LogP contribution is -2.46. The normalized spacial score (nSPS) is 28.5. The largest absolute Gasteiger partial charge is 0.459 e. The molecule has 2 fully saturated rings. The van der Waals surface area contributed by atoms with Crippen LogP contribution < -0.4 is 0 Å². The molecule has 3 rings (SSSR count). The van der Waals surface area contributed by atoms with Crippen LogP contribution in [0.15, 0.2) is 30.3 Å². The fraction of sp³-hybridized carbons (Fsp3) is 0.550. The van der Waals surface area contributed by atoms with Gasteiger partial charge in [0.2, 0.25) is 5.60 Å². The van der Waals surface area contributed by atoms with Crippen molar-refractivity contribution in [2.24, 2.45) is 0 Å². The molecule has 24 heavy (non-hydrogen) atoms. The Morgan fingerprint density at radius 2 is 1.92 bits per heavy atom. The second-order valence-corrected chi connectivity index (χ2v) is 6.78. The molecule has 0 radical (unpaired) electrons. The summed E-state index contributed by atoms with van der Waals surface area (Å²) in [6.07, 6.45) is 4.43. The second kappa shape index (κ2) is 6.96. The molecule has 4 nitrogen and oxygen atoms in total. The molecule has 0 aromatic heterocycles. The van der Waals surface area contributed by atoms with Gasteiger partial charge < -0.3 is 14.7 Å². The molecular weight excluding hydrogens is 302 g/mol. The molecule has 1 aromatic carbocycles. The predicted molar refractivity (Wildman–Crippen MR) is 92.1 cm³/mol. The molecular formula is C20H25NO3. The van der Waals surface area contributed by atoms with Gasteiger partial charge in [-0.1, -0.05) is 49.1 Å². The summed E-state index contributed by atoms with van der Waals surface area (Å²) in [6, 6.07) is 9.81. The molecule has 2 unspecified atom stereocenters. The van der Waals surface area contributed by atoms with Gasteiger partial charge in [-0.05, 0) is 32.7 Å². The van der Waals surface area contributed by atoms with Crippen LogP contribution in [0.3, 0.4) is 0 Å². The van der Waals surface area contributed by atoms with Gasteiger partial charge in [0.15, 0.2) is 0 Å². The fourth-order valence-corrected chi connectivity index (χ4v) is 3.83. The van der Waals surface area contributed by atoms with Crippen LogP contribution in [-0.4, -0.2) is 41.2 Å². The fourth-order valence-electron chi connectivity index (χ4n) is 3.83. The van der Waals surface area contributed by atoms with Crippen molar-refractivity contribution in [3.8, 4) is 11.8 Å². The summed E-state index contributed by atoms with van der Waals surface area (Å²) in [5, 5.41) is 11.0. The van der Waals surface area contributed by atoms with E-state index in [9.17, 15) is 9.90 Å². The van der Waals surface area contributed by atoms with E-state index in [1.54, 1.807) is 24.3 Å². The molecule has 2 heterocycles. The minimum Gasteiger partial charge on any atom is -0.459 e. The highest BCUT2D eigenvalue weighted by atomic mass is 16.6. The third-order valence-electron chi connectivity index (χ3n) is 5.26. The summed E-state index contributed by atoms with van der Waals surface area (Å²) in [4.78, 5) is 15.2. The lowest BCUT2D eigenvalue weighted by atomic mass is 9.93. The highest BCUT2D eigenvalue weighted by Gasteiger charge is 2.44. The molecule has 0 aliphatic carbocycles. The van der Waals surface area contributed by atoms with E-state index in [2.05, 4.69) is 23.8 Å². The number of aliphatic hydroxyl groups is 1. The summed E-state index contributed by atoms with van der Waals surface area (Å²) >= 11 is 0.